The molecule has 0 unspecified atom stereocenters. The van der Waals surface area contributed by atoms with Gasteiger partial charge in [-0.1, -0.05) is 0 Å². The molecule has 1 heterocycles. The minimum atomic E-state index is -0.539. The van der Waals surface area contributed by atoms with Crippen LogP contribution in [0.15, 0.2) is 22.0 Å². The van der Waals surface area contributed by atoms with Crippen LogP contribution in [0.4, 0.5) is 4.39 Å². The van der Waals surface area contributed by atoms with Gasteiger partial charge in [0.1, 0.15) is 0 Å². The molecule has 0 aliphatic heterocycles. The van der Waals surface area contributed by atoms with Crippen molar-refractivity contribution in [2.45, 2.75) is 0 Å². The summed E-state index contributed by atoms with van der Waals surface area (Å²) in [5.41, 5.74) is 0. The van der Waals surface area contributed by atoms with E-state index in [2.05, 4.69) is 15.9 Å². The van der Waals surface area contributed by atoms with Crippen molar-refractivity contribution >= 4 is 37.4 Å². The molecule has 12 heavy (non-hydrogen) atoms. The van der Waals surface area contributed by atoms with E-state index in [0.717, 1.165) is 9.86 Å². The number of phenolic OH excluding ortho intramolecular Hbond substituents is 1. The van der Waals surface area contributed by atoms with Gasteiger partial charge in [-0.05, 0) is 33.4 Å². The average Bonchev–Trinajstić information content (AvgIpc) is 2.48. The zero-order valence-electron chi connectivity index (χ0n) is 5.84. The second kappa shape index (κ2) is 2.71. The Morgan fingerprint density at radius 2 is 2.25 bits per heavy atom. The Morgan fingerprint density at radius 3 is 3.00 bits per heavy atom. The van der Waals surface area contributed by atoms with Crippen molar-refractivity contribution in [2.24, 2.45) is 0 Å². The molecule has 0 aliphatic rings. The molecule has 0 amide bonds. The summed E-state index contributed by atoms with van der Waals surface area (Å²) < 4.78 is 14.4. The Hall–Kier alpha value is -0.610. The molecule has 0 radical (unpaired) electrons. The van der Waals surface area contributed by atoms with E-state index >= 15 is 0 Å². The number of hydrogen-bond acceptors (Lipinski definition) is 2. The van der Waals surface area contributed by atoms with Crippen LogP contribution in [-0.4, -0.2) is 5.11 Å². The summed E-state index contributed by atoms with van der Waals surface area (Å²) in [4.78, 5) is 0. The number of fused-ring (bicyclic) bond motifs is 1. The van der Waals surface area contributed by atoms with Crippen LogP contribution in [0.5, 0.6) is 5.75 Å². The van der Waals surface area contributed by atoms with Crippen molar-refractivity contribution < 1.29 is 9.50 Å². The van der Waals surface area contributed by atoms with E-state index in [0.29, 0.717) is 4.70 Å². The van der Waals surface area contributed by atoms with E-state index in [9.17, 15) is 4.39 Å². The van der Waals surface area contributed by atoms with Crippen LogP contribution in [-0.2, 0) is 0 Å². The lowest BCUT2D eigenvalue weighted by molar-refractivity contribution is 0.436. The van der Waals surface area contributed by atoms with Crippen LogP contribution in [0.1, 0.15) is 0 Å². The molecule has 0 atom stereocenters. The van der Waals surface area contributed by atoms with E-state index in [4.69, 9.17) is 5.11 Å². The van der Waals surface area contributed by atoms with Crippen LogP contribution < -0.4 is 0 Å². The number of phenols is 1. The number of hydrogen-bond donors (Lipinski definition) is 1. The lowest BCUT2D eigenvalue weighted by Crippen LogP contribution is -1.76. The molecule has 0 bridgehead atoms. The Labute approximate surface area is 80.6 Å². The third-order valence-corrected chi connectivity index (χ3v) is 3.17. The lowest BCUT2D eigenvalue weighted by Gasteiger charge is -1.98. The third kappa shape index (κ3) is 1.03. The van der Waals surface area contributed by atoms with Gasteiger partial charge in [0.2, 0.25) is 0 Å². The van der Waals surface area contributed by atoms with Gasteiger partial charge in [0.25, 0.3) is 0 Å². The van der Waals surface area contributed by atoms with Crippen LogP contribution in [0.25, 0.3) is 10.1 Å². The minimum Gasteiger partial charge on any atom is -0.505 e. The maximum Gasteiger partial charge on any atom is 0.182 e. The van der Waals surface area contributed by atoms with Crippen molar-refractivity contribution in [1.82, 2.24) is 0 Å². The highest BCUT2D eigenvalue weighted by molar-refractivity contribution is 9.10. The molecular formula is C8H4BrFOS. The standard InChI is InChI=1S/C8H4BrFOS/c9-5-3-6(11)7(10)8-4(5)1-2-12-8/h1-3,11H. The van der Waals surface area contributed by atoms with Gasteiger partial charge in [-0.15, -0.1) is 11.3 Å². The largest absolute Gasteiger partial charge is 0.505 e. The molecular weight excluding hydrogens is 243 g/mol. The van der Waals surface area contributed by atoms with E-state index in [-0.39, 0.29) is 5.75 Å². The van der Waals surface area contributed by atoms with Gasteiger partial charge in [0, 0.05) is 9.86 Å². The summed E-state index contributed by atoms with van der Waals surface area (Å²) in [6.07, 6.45) is 0. The monoisotopic (exact) mass is 246 g/mol. The minimum absolute atomic E-state index is 0.308. The lowest BCUT2D eigenvalue weighted by atomic mass is 10.2. The normalized spacial score (nSPS) is 10.8. The molecule has 0 fully saturated rings. The molecule has 2 rings (SSSR count). The Kier molecular flexibility index (Phi) is 1.81. The maximum atomic E-state index is 13.2. The fraction of sp³-hybridized carbons (Fsp3) is 0. The number of aromatic hydroxyl groups is 1. The van der Waals surface area contributed by atoms with Gasteiger partial charge in [-0.25, -0.2) is 4.39 Å². The molecule has 62 valence electrons. The van der Waals surface area contributed by atoms with Gasteiger partial charge >= 0.3 is 0 Å². The molecule has 1 N–H and O–H groups in total. The van der Waals surface area contributed by atoms with Crippen molar-refractivity contribution in [3.63, 3.8) is 0 Å². The first-order valence-electron chi connectivity index (χ1n) is 3.24. The van der Waals surface area contributed by atoms with Crippen molar-refractivity contribution in [3.05, 3.63) is 27.8 Å². The smallest absolute Gasteiger partial charge is 0.182 e. The van der Waals surface area contributed by atoms with Gasteiger partial charge < -0.3 is 5.11 Å². The van der Waals surface area contributed by atoms with Crippen LogP contribution in [0.3, 0.4) is 0 Å². The predicted octanol–water partition coefficient (Wildman–Crippen LogP) is 3.51. The van der Waals surface area contributed by atoms with Crippen LogP contribution in [0.2, 0.25) is 0 Å². The quantitative estimate of drug-likeness (QED) is 0.755. The summed E-state index contributed by atoms with van der Waals surface area (Å²) in [5.74, 6) is -0.847. The number of halogens is 2. The van der Waals surface area contributed by atoms with Crippen molar-refractivity contribution in [3.8, 4) is 5.75 Å². The van der Waals surface area contributed by atoms with Crippen LogP contribution >= 0.6 is 27.3 Å². The fourth-order valence-corrected chi connectivity index (χ4v) is 2.58. The predicted molar refractivity (Wildman–Crippen MR) is 51.1 cm³/mol. The zero-order valence-corrected chi connectivity index (χ0v) is 8.25. The summed E-state index contributed by atoms with van der Waals surface area (Å²) in [6, 6.07) is 3.18. The highest BCUT2D eigenvalue weighted by atomic mass is 79.9. The van der Waals surface area contributed by atoms with Gasteiger partial charge in [-0.3, -0.25) is 0 Å². The fourth-order valence-electron chi connectivity index (χ4n) is 1.04. The first-order chi connectivity index (χ1) is 5.70. The molecule has 1 aromatic carbocycles. The van der Waals surface area contributed by atoms with Gasteiger partial charge in [-0.2, -0.15) is 0 Å². The average molecular weight is 247 g/mol. The SMILES string of the molecule is Oc1cc(Br)c2ccsc2c1F. The third-order valence-electron chi connectivity index (χ3n) is 1.61. The topological polar surface area (TPSA) is 20.2 Å². The maximum absolute atomic E-state index is 13.2. The summed E-state index contributed by atoms with van der Waals surface area (Å²) in [5, 5.41) is 11.7. The highest BCUT2D eigenvalue weighted by Crippen LogP contribution is 2.35. The van der Waals surface area contributed by atoms with E-state index in [1.807, 2.05) is 6.07 Å². The second-order valence-electron chi connectivity index (χ2n) is 2.35. The Bertz CT molecular complexity index is 438. The molecule has 2 aromatic rings. The second-order valence-corrected chi connectivity index (χ2v) is 4.13. The first kappa shape index (κ1) is 8.01. The zero-order chi connectivity index (χ0) is 8.72. The molecule has 1 nitrogen and oxygen atoms in total. The van der Waals surface area contributed by atoms with Gasteiger partial charge in [0.05, 0.1) is 4.70 Å². The van der Waals surface area contributed by atoms with Crippen molar-refractivity contribution in [1.29, 1.82) is 0 Å². The number of thiophene rings is 1. The summed E-state index contributed by atoms with van der Waals surface area (Å²) in [6.45, 7) is 0. The molecule has 0 aliphatic carbocycles. The molecule has 0 saturated heterocycles. The molecule has 0 saturated carbocycles. The molecule has 0 spiro atoms. The number of rotatable bonds is 0. The summed E-state index contributed by atoms with van der Waals surface area (Å²) >= 11 is 4.52. The highest BCUT2D eigenvalue weighted by Gasteiger charge is 2.10. The van der Waals surface area contributed by atoms with Gasteiger partial charge in [0.15, 0.2) is 11.6 Å². The van der Waals surface area contributed by atoms with Crippen LogP contribution in [0, 0.1) is 5.82 Å². The number of benzene rings is 1. The van der Waals surface area contributed by atoms with Crippen molar-refractivity contribution in [2.75, 3.05) is 0 Å². The summed E-state index contributed by atoms with van der Waals surface area (Å²) in [7, 11) is 0. The molecule has 4 heteroatoms. The Balaban J connectivity index is 2.97. The van der Waals surface area contributed by atoms with E-state index in [1.54, 1.807) is 5.38 Å². The van der Waals surface area contributed by atoms with E-state index < -0.39 is 5.82 Å². The first-order valence-corrected chi connectivity index (χ1v) is 4.91. The van der Waals surface area contributed by atoms with E-state index in [1.165, 1.54) is 17.4 Å². The molecule has 1 aromatic heterocycles. The Morgan fingerprint density at radius 1 is 1.50 bits per heavy atom.